The van der Waals surface area contributed by atoms with Crippen LogP contribution in [0.15, 0.2) is 24.4 Å². The second-order valence-corrected chi connectivity index (χ2v) is 5.66. The quantitative estimate of drug-likeness (QED) is 0.680. The molecule has 0 N–H and O–H groups in total. The van der Waals surface area contributed by atoms with Crippen LogP contribution in [0.2, 0.25) is 0 Å². The first-order valence-corrected chi connectivity index (χ1v) is 5.60. The summed E-state index contributed by atoms with van der Waals surface area (Å²) in [4.78, 5) is 4.28. The van der Waals surface area contributed by atoms with Gasteiger partial charge in [-0.15, -0.1) is 0 Å². The fourth-order valence-corrected chi connectivity index (χ4v) is 1.93. The van der Waals surface area contributed by atoms with Gasteiger partial charge in [-0.05, 0) is 19.1 Å². The molecule has 0 saturated heterocycles. The molecule has 78 valence electrons. The molecule has 3 nitrogen and oxygen atoms in total. The molecule has 1 aromatic heterocycles. The van der Waals surface area contributed by atoms with E-state index in [2.05, 4.69) is 4.98 Å². The highest BCUT2D eigenvalue weighted by Crippen LogP contribution is 2.27. The first kappa shape index (κ1) is 11.4. The Morgan fingerprint density at radius 2 is 2.14 bits per heavy atom. The third-order valence-electron chi connectivity index (χ3n) is 2.35. The van der Waals surface area contributed by atoms with E-state index < -0.39 is 0 Å². The lowest BCUT2D eigenvalue weighted by Gasteiger charge is -2.31. The van der Waals surface area contributed by atoms with E-state index in [-0.39, 0.29) is 11.3 Å². The van der Waals surface area contributed by atoms with Crippen molar-refractivity contribution >= 4 is 10.2 Å². The lowest BCUT2D eigenvalue weighted by atomic mass is 10.1. The molecule has 14 heavy (non-hydrogen) atoms. The molecular formula is C10H17NO2Si. The Bertz CT molecular complexity index is 277. The predicted octanol–water partition coefficient (Wildman–Crippen LogP) is 0.497. The molecule has 2 atom stereocenters. The summed E-state index contributed by atoms with van der Waals surface area (Å²) in [5.74, 6) is 0. The van der Waals surface area contributed by atoms with Crippen molar-refractivity contribution in [1.82, 2.24) is 4.98 Å². The molecule has 0 saturated carbocycles. The summed E-state index contributed by atoms with van der Waals surface area (Å²) in [5.41, 5.74) is 0.925. The van der Waals surface area contributed by atoms with Gasteiger partial charge in [0.2, 0.25) is 0 Å². The zero-order valence-corrected chi connectivity index (χ0v) is 11.2. The van der Waals surface area contributed by atoms with Crippen LogP contribution in [-0.2, 0) is 9.47 Å². The summed E-state index contributed by atoms with van der Waals surface area (Å²) in [5, 5.41) is -0.233. The van der Waals surface area contributed by atoms with E-state index in [0.717, 1.165) is 15.9 Å². The normalized spacial score (nSPS) is 17.6. The molecule has 0 radical (unpaired) electrons. The molecule has 0 aliphatic carbocycles. The zero-order chi connectivity index (χ0) is 10.6. The van der Waals surface area contributed by atoms with Gasteiger partial charge in [0.15, 0.2) is 0 Å². The van der Waals surface area contributed by atoms with Crippen LogP contribution < -0.4 is 0 Å². The van der Waals surface area contributed by atoms with Crippen LogP contribution in [0.4, 0.5) is 0 Å². The molecule has 0 aliphatic heterocycles. The van der Waals surface area contributed by atoms with Gasteiger partial charge >= 0.3 is 0 Å². The van der Waals surface area contributed by atoms with Gasteiger partial charge in [0.25, 0.3) is 0 Å². The number of hydrogen-bond donors (Lipinski definition) is 0. The van der Waals surface area contributed by atoms with Crippen LogP contribution in [0.5, 0.6) is 0 Å². The Hall–Kier alpha value is -0.713. The van der Waals surface area contributed by atoms with E-state index in [1.54, 1.807) is 20.4 Å². The lowest BCUT2D eigenvalue weighted by Crippen LogP contribution is -2.37. The highest BCUT2D eigenvalue weighted by Gasteiger charge is 2.31. The van der Waals surface area contributed by atoms with Crippen LogP contribution in [-0.4, -0.2) is 34.7 Å². The average molecular weight is 211 g/mol. The van der Waals surface area contributed by atoms with E-state index in [4.69, 9.17) is 9.47 Å². The molecule has 1 heterocycles. The van der Waals surface area contributed by atoms with Crippen molar-refractivity contribution in [1.29, 1.82) is 0 Å². The largest absolute Gasteiger partial charge is 0.380 e. The standard InChI is InChI=1S/C10H17NO2Si/c1-10(14,13-3)9(12-2)8-6-4-5-7-11-8/h4-7,9H,1-3,14H3. The third kappa shape index (κ3) is 2.40. The molecule has 0 aliphatic rings. The molecular weight excluding hydrogens is 194 g/mol. The fraction of sp³-hybridized carbons (Fsp3) is 0.500. The van der Waals surface area contributed by atoms with Crippen LogP contribution in [0.25, 0.3) is 0 Å². The van der Waals surface area contributed by atoms with Gasteiger partial charge in [0, 0.05) is 30.7 Å². The summed E-state index contributed by atoms with van der Waals surface area (Å²) < 4.78 is 10.9. The first-order valence-electron chi connectivity index (χ1n) is 4.60. The van der Waals surface area contributed by atoms with Gasteiger partial charge in [-0.1, -0.05) is 6.07 Å². The third-order valence-corrected chi connectivity index (χ3v) is 3.28. The van der Waals surface area contributed by atoms with E-state index in [9.17, 15) is 0 Å². The highest BCUT2D eigenvalue weighted by atomic mass is 28.1. The fourth-order valence-electron chi connectivity index (χ4n) is 1.40. The van der Waals surface area contributed by atoms with Crippen molar-refractivity contribution in [3.63, 3.8) is 0 Å². The topological polar surface area (TPSA) is 31.4 Å². The van der Waals surface area contributed by atoms with Crippen LogP contribution in [0.3, 0.4) is 0 Å². The molecule has 1 rings (SSSR count). The zero-order valence-electron chi connectivity index (χ0n) is 9.15. The van der Waals surface area contributed by atoms with Gasteiger partial charge in [0.05, 0.1) is 10.9 Å². The van der Waals surface area contributed by atoms with Crippen LogP contribution >= 0.6 is 0 Å². The Morgan fingerprint density at radius 1 is 1.43 bits per heavy atom. The number of ether oxygens (including phenoxy) is 2. The molecule has 0 bridgehead atoms. The molecule has 4 heteroatoms. The van der Waals surface area contributed by atoms with Crippen molar-refractivity contribution in [2.24, 2.45) is 0 Å². The van der Waals surface area contributed by atoms with Crippen molar-refractivity contribution in [2.45, 2.75) is 18.3 Å². The predicted molar refractivity (Wildman–Crippen MR) is 59.3 cm³/mol. The van der Waals surface area contributed by atoms with E-state index in [1.165, 1.54) is 0 Å². The number of rotatable bonds is 4. The summed E-state index contributed by atoms with van der Waals surface area (Å²) in [6.45, 7) is 2.04. The molecule has 0 fully saturated rings. The monoisotopic (exact) mass is 211 g/mol. The number of methoxy groups -OCH3 is 2. The number of pyridine rings is 1. The van der Waals surface area contributed by atoms with Crippen molar-refractivity contribution < 1.29 is 9.47 Å². The van der Waals surface area contributed by atoms with Crippen LogP contribution in [0.1, 0.15) is 18.7 Å². The van der Waals surface area contributed by atoms with Crippen LogP contribution in [0, 0.1) is 0 Å². The van der Waals surface area contributed by atoms with Gasteiger partial charge < -0.3 is 9.47 Å². The second kappa shape index (κ2) is 4.68. The lowest BCUT2D eigenvalue weighted by molar-refractivity contribution is -0.0580. The van der Waals surface area contributed by atoms with Crippen molar-refractivity contribution in [2.75, 3.05) is 14.2 Å². The molecule has 0 spiro atoms. The Balaban J connectivity index is 2.93. The highest BCUT2D eigenvalue weighted by molar-refractivity contribution is 6.14. The van der Waals surface area contributed by atoms with Crippen molar-refractivity contribution in [3.05, 3.63) is 30.1 Å². The van der Waals surface area contributed by atoms with Gasteiger partial charge in [-0.3, -0.25) is 4.98 Å². The minimum absolute atomic E-state index is 0.0830. The molecule has 1 aromatic rings. The maximum Gasteiger partial charge on any atom is 0.124 e. The Kier molecular flexibility index (Phi) is 3.80. The minimum Gasteiger partial charge on any atom is -0.380 e. The van der Waals surface area contributed by atoms with Gasteiger partial charge in [-0.25, -0.2) is 0 Å². The summed E-state index contributed by atoms with van der Waals surface area (Å²) >= 11 is 0. The van der Waals surface area contributed by atoms with Gasteiger partial charge in [0.1, 0.15) is 6.10 Å². The summed E-state index contributed by atoms with van der Waals surface area (Å²) in [7, 11) is 4.29. The smallest absolute Gasteiger partial charge is 0.124 e. The van der Waals surface area contributed by atoms with Crippen molar-refractivity contribution in [3.8, 4) is 0 Å². The average Bonchev–Trinajstić information content (AvgIpc) is 2.20. The molecule has 0 amide bonds. The molecule has 2 unspecified atom stereocenters. The number of hydrogen-bond acceptors (Lipinski definition) is 3. The Labute approximate surface area is 87.9 Å². The SMILES string of the molecule is COC(c1ccccn1)C(C)([SiH3])OC. The number of aromatic nitrogens is 1. The maximum absolute atomic E-state index is 5.44. The van der Waals surface area contributed by atoms with E-state index in [0.29, 0.717) is 0 Å². The summed E-state index contributed by atoms with van der Waals surface area (Å²) in [6.07, 6.45) is 1.69. The van der Waals surface area contributed by atoms with E-state index >= 15 is 0 Å². The second-order valence-electron chi connectivity index (χ2n) is 3.68. The molecule has 0 aromatic carbocycles. The van der Waals surface area contributed by atoms with Gasteiger partial charge in [-0.2, -0.15) is 0 Å². The maximum atomic E-state index is 5.44. The first-order chi connectivity index (χ1) is 6.61. The van der Waals surface area contributed by atoms with E-state index in [1.807, 2.05) is 25.1 Å². The Morgan fingerprint density at radius 3 is 2.57 bits per heavy atom. The number of nitrogens with zero attached hydrogens (tertiary/aromatic N) is 1. The minimum atomic E-state index is -0.233. The summed E-state index contributed by atoms with van der Waals surface area (Å²) in [6, 6.07) is 5.82.